The second kappa shape index (κ2) is 10.9. The van der Waals surface area contributed by atoms with Gasteiger partial charge < -0.3 is 13.2 Å². The largest absolute Gasteiger partial charge is 0.456 e. The Labute approximate surface area is 329 Å². The van der Waals surface area contributed by atoms with E-state index in [1.165, 1.54) is 32.9 Å². The molecule has 0 aliphatic carbocycles. The number of fused-ring (bicyclic) bond motifs is 7. The highest BCUT2D eigenvalue weighted by Gasteiger charge is 2.28. The zero-order valence-electron chi connectivity index (χ0n) is 30.8. The highest BCUT2D eigenvalue weighted by molar-refractivity contribution is 6.37. The molecule has 268 valence electrons. The molecule has 0 bridgehead atoms. The average molecular weight is 741 g/mol. The van der Waals surface area contributed by atoms with E-state index in [9.17, 15) is 0 Å². The molecule has 6 heteroatoms. The van der Waals surface area contributed by atoms with Gasteiger partial charge in [0.25, 0.3) is 0 Å². The van der Waals surface area contributed by atoms with Crippen molar-refractivity contribution in [3.8, 4) is 39.5 Å². The van der Waals surface area contributed by atoms with E-state index >= 15 is 0 Å². The predicted molar refractivity (Wildman–Crippen MR) is 236 cm³/mol. The van der Waals surface area contributed by atoms with Crippen molar-refractivity contribution in [1.29, 1.82) is 0 Å². The van der Waals surface area contributed by atoms with Gasteiger partial charge in [-0.15, -0.1) is 0 Å². The molecule has 0 atom stereocenters. The second-order valence-corrected chi connectivity index (χ2v) is 15.3. The minimum atomic E-state index is 0.588. The highest BCUT2D eigenvalue weighted by atomic mass is 16.3. The van der Waals surface area contributed by atoms with Crippen LogP contribution in [0.4, 0.5) is 0 Å². The summed E-state index contributed by atoms with van der Waals surface area (Å²) < 4.78 is 17.9. The molecule has 14 rings (SSSR count). The molecule has 6 nitrogen and oxygen atoms in total. The maximum atomic E-state index is 6.60. The molecule has 8 aromatic carbocycles. The van der Waals surface area contributed by atoms with E-state index in [0.717, 1.165) is 88.1 Å². The lowest BCUT2D eigenvalue weighted by atomic mass is 9.99. The maximum Gasteiger partial charge on any atom is 0.236 e. The van der Waals surface area contributed by atoms with Crippen LogP contribution in [0.3, 0.4) is 0 Å². The molecule has 0 aliphatic rings. The molecule has 0 saturated carbocycles. The van der Waals surface area contributed by atoms with Gasteiger partial charge in [0, 0.05) is 37.9 Å². The Balaban J connectivity index is 1.04. The molecular formula is C52H28N4O2. The fourth-order valence-electron chi connectivity index (χ4n) is 9.76. The van der Waals surface area contributed by atoms with Crippen LogP contribution >= 0.6 is 0 Å². The first-order chi connectivity index (χ1) is 28.8. The standard InChI is InChI=1S/C52H28N4O2/c1-2-9-29(10-3-1)30-17-19-31(20-18-30)32-21-23-33(24-22-32)48-51-49(36-12-5-7-15-41(36)58-51)54-52(53-48)56-39-27-28-43-47-44-38(14-8-16-42(44)57-43)55-37-13-6-4-11-34(37)35-25-26-40(56)46(45(39)47)50(35)55/h1-28H. The number of rotatable bonds is 4. The van der Waals surface area contributed by atoms with Crippen molar-refractivity contribution in [3.63, 3.8) is 0 Å². The summed E-state index contributed by atoms with van der Waals surface area (Å²) in [7, 11) is 0. The molecule has 6 heterocycles. The topological polar surface area (TPSA) is 61.4 Å². The van der Waals surface area contributed by atoms with Crippen LogP contribution in [-0.4, -0.2) is 18.9 Å². The molecule has 0 N–H and O–H groups in total. The maximum absolute atomic E-state index is 6.60. The van der Waals surface area contributed by atoms with Gasteiger partial charge in [0.2, 0.25) is 5.95 Å². The summed E-state index contributed by atoms with van der Waals surface area (Å²) in [5.41, 5.74) is 15.9. The normalized spacial score (nSPS) is 12.5. The van der Waals surface area contributed by atoms with Crippen LogP contribution in [0.2, 0.25) is 0 Å². The summed E-state index contributed by atoms with van der Waals surface area (Å²) >= 11 is 0. The number of aromatic nitrogens is 4. The van der Waals surface area contributed by atoms with Gasteiger partial charge in [-0.25, -0.2) is 9.97 Å². The van der Waals surface area contributed by atoms with Crippen molar-refractivity contribution >= 4 is 93.1 Å². The smallest absolute Gasteiger partial charge is 0.236 e. The van der Waals surface area contributed by atoms with E-state index in [4.69, 9.17) is 18.8 Å². The Morgan fingerprint density at radius 2 is 0.983 bits per heavy atom. The summed E-state index contributed by atoms with van der Waals surface area (Å²) in [6, 6.07) is 59.9. The zero-order chi connectivity index (χ0) is 37.6. The Morgan fingerprint density at radius 1 is 0.362 bits per heavy atom. The van der Waals surface area contributed by atoms with Crippen LogP contribution in [-0.2, 0) is 0 Å². The van der Waals surface area contributed by atoms with E-state index in [0.29, 0.717) is 11.5 Å². The van der Waals surface area contributed by atoms with Crippen LogP contribution in [0.1, 0.15) is 0 Å². The summed E-state index contributed by atoms with van der Waals surface area (Å²) in [5.74, 6) is 0.588. The number of para-hydroxylation sites is 2. The monoisotopic (exact) mass is 740 g/mol. The van der Waals surface area contributed by atoms with Crippen LogP contribution in [0.15, 0.2) is 179 Å². The minimum absolute atomic E-state index is 0.588. The molecule has 58 heavy (non-hydrogen) atoms. The Kier molecular flexibility index (Phi) is 5.68. The second-order valence-electron chi connectivity index (χ2n) is 15.3. The fourth-order valence-corrected chi connectivity index (χ4v) is 9.76. The summed E-state index contributed by atoms with van der Waals surface area (Å²) in [5, 5.41) is 7.94. The third kappa shape index (κ3) is 3.86. The lowest BCUT2D eigenvalue weighted by Gasteiger charge is -2.10. The molecule has 0 fully saturated rings. The molecule has 0 amide bonds. The van der Waals surface area contributed by atoms with Gasteiger partial charge in [0.1, 0.15) is 28.0 Å². The van der Waals surface area contributed by atoms with Crippen molar-refractivity contribution in [2.75, 3.05) is 0 Å². The van der Waals surface area contributed by atoms with Crippen molar-refractivity contribution < 1.29 is 8.83 Å². The number of furan rings is 2. The van der Waals surface area contributed by atoms with Crippen molar-refractivity contribution in [2.45, 2.75) is 0 Å². The van der Waals surface area contributed by atoms with Gasteiger partial charge in [-0.1, -0.05) is 121 Å². The van der Waals surface area contributed by atoms with E-state index in [2.05, 4.69) is 155 Å². The van der Waals surface area contributed by atoms with Crippen LogP contribution in [0.5, 0.6) is 0 Å². The molecular weight excluding hydrogens is 713 g/mol. The van der Waals surface area contributed by atoms with Crippen molar-refractivity contribution in [3.05, 3.63) is 170 Å². The molecule has 0 aliphatic heterocycles. The lowest BCUT2D eigenvalue weighted by molar-refractivity contribution is 0.666. The Bertz CT molecular complexity index is 3940. The molecule has 6 aromatic heterocycles. The van der Waals surface area contributed by atoms with Crippen molar-refractivity contribution in [1.82, 2.24) is 18.9 Å². The van der Waals surface area contributed by atoms with E-state index < -0.39 is 0 Å². The quantitative estimate of drug-likeness (QED) is 0.180. The minimum Gasteiger partial charge on any atom is -0.456 e. The fraction of sp³-hybridized carbons (Fsp3) is 0. The van der Waals surface area contributed by atoms with Gasteiger partial charge in [-0.2, -0.15) is 0 Å². The van der Waals surface area contributed by atoms with Gasteiger partial charge in [0.15, 0.2) is 5.58 Å². The van der Waals surface area contributed by atoms with E-state index in [1.807, 2.05) is 24.3 Å². The van der Waals surface area contributed by atoms with Crippen LogP contribution < -0.4 is 0 Å². The van der Waals surface area contributed by atoms with Gasteiger partial charge in [-0.05, 0) is 70.8 Å². The first-order valence-corrected chi connectivity index (χ1v) is 19.6. The van der Waals surface area contributed by atoms with E-state index in [1.54, 1.807) is 0 Å². The number of nitrogens with zero attached hydrogens (tertiary/aromatic N) is 4. The predicted octanol–water partition coefficient (Wildman–Crippen LogP) is 13.8. The number of hydrogen-bond donors (Lipinski definition) is 0. The van der Waals surface area contributed by atoms with Gasteiger partial charge in [-0.3, -0.25) is 4.57 Å². The Hall–Kier alpha value is -7.96. The SMILES string of the molecule is c1ccc(-c2ccc(-c3ccc(-c4nc(-n5c6ccc7oc8cccc9c8c7c6c6c5ccc5c7ccccc7n9c56)nc5c4oc4ccccc45)cc3)cc2)cc1. The first-order valence-electron chi connectivity index (χ1n) is 19.6. The summed E-state index contributed by atoms with van der Waals surface area (Å²) in [4.78, 5) is 10.8. The first kappa shape index (κ1) is 30.3. The molecule has 0 radical (unpaired) electrons. The third-order valence-electron chi connectivity index (χ3n) is 12.3. The third-order valence-corrected chi connectivity index (χ3v) is 12.3. The summed E-state index contributed by atoms with van der Waals surface area (Å²) in [6.45, 7) is 0. The highest BCUT2D eigenvalue weighted by Crippen LogP contribution is 2.48. The van der Waals surface area contributed by atoms with Crippen LogP contribution in [0, 0.1) is 0 Å². The Morgan fingerprint density at radius 3 is 1.79 bits per heavy atom. The number of hydrogen-bond acceptors (Lipinski definition) is 4. The summed E-state index contributed by atoms with van der Waals surface area (Å²) in [6.07, 6.45) is 0. The van der Waals surface area contributed by atoms with Crippen LogP contribution in [0.25, 0.3) is 133 Å². The zero-order valence-corrected chi connectivity index (χ0v) is 30.8. The van der Waals surface area contributed by atoms with E-state index in [-0.39, 0.29) is 0 Å². The molecule has 0 spiro atoms. The number of benzene rings is 8. The van der Waals surface area contributed by atoms with Gasteiger partial charge >= 0.3 is 0 Å². The average Bonchev–Trinajstić information content (AvgIpc) is 4.02. The van der Waals surface area contributed by atoms with Gasteiger partial charge in [0.05, 0.1) is 33.0 Å². The molecule has 0 unspecified atom stereocenters. The molecule has 0 saturated heterocycles. The van der Waals surface area contributed by atoms with Crippen molar-refractivity contribution in [2.24, 2.45) is 0 Å². The lowest BCUT2D eigenvalue weighted by Crippen LogP contribution is -2.03. The molecule has 14 aromatic rings.